The lowest BCUT2D eigenvalue weighted by molar-refractivity contribution is 0.0341. The molecule has 0 radical (unpaired) electrons. The van der Waals surface area contributed by atoms with Crippen LogP contribution >= 0.6 is 22.9 Å². The van der Waals surface area contributed by atoms with Crippen LogP contribution in [0.1, 0.15) is 20.8 Å². The standard InChI is InChI=1S/C19H21ClN2O3S/c20-16-3-10-26-18(16)19(23)22-6-9-25-17-2-1-14(11-15(17)13-22)12-21-4-7-24-8-5-21/h1-3,10-11H,4-9,12-13H2. The van der Waals surface area contributed by atoms with E-state index < -0.39 is 0 Å². The molecule has 0 bridgehead atoms. The van der Waals surface area contributed by atoms with Gasteiger partial charge in [-0.15, -0.1) is 11.3 Å². The maximum Gasteiger partial charge on any atom is 0.265 e. The van der Waals surface area contributed by atoms with Crippen LogP contribution < -0.4 is 4.74 Å². The van der Waals surface area contributed by atoms with Crippen LogP contribution in [0.4, 0.5) is 0 Å². The third-order valence-corrected chi connectivity index (χ3v) is 6.04. The zero-order valence-corrected chi connectivity index (χ0v) is 16.0. The quantitative estimate of drug-likeness (QED) is 0.804. The highest BCUT2D eigenvalue weighted by Crippen LogP contribution is 2.28. The second-order valence-electron chi connectivity index (χ2n) is 6.50. The number of carbonyl (C=O) groups is 1. The Hall–Kier alpha value is -1.60. The molecule has 1 saturated heterocycles. The van der Waals surface area contributed by atoms with Crippen LogP contribution in [0, 0.1) is 0 Å². The molecule has 0 unspecified atom stereocenters. The van der Waals surface area contributed by atoms with Crippen LogP contribution in [0.5, 0.6) is 5.75 Å². The minimum atomic E-state index is -0.0277. The van der Waals surface area contributed by atoms with Gasteiger partial charge in [0.15, 0.2) is 0 Å². The highest BCUT2D eigenvalue weighted by atomic mass is 35.5. The Bertz CT molecular complexity index is 789. The summed E-state index contributed by atoms with van der Waals surface area (Å²) in [6.07, 6.45) is 0. The molecule has 1 fully saturated rings. The molecule has 26 heavy (non-hydrogen) atoms. The molecule has 3 heterocycles. The van der Waals surface area contributed by atoms with E-state index in [-0.39, 0.29) is 5.91 Å². The number of rotatable bonds is 3. The van der Waals surface area contributed by atoms with Crippen molar-refractivity contribution in [2.24, 2.45) is 0 Å². The molecule has 7 heteroatoms. The first-order valence-corrected chi connectivity index (χ1v) is 10.0. The fourth-order valence-corrected chi connectivity index (χ4v) is 4.43. The SMILES string of the molecule is O=C(c1sccc1Cl)N1CCOc2ccc(CN3CCOCC3)cc2C1. The van der Waals surface area contributed by atoms with Crippen LogP contribution in [-0.2, 0) is 17.8 Å². The van der Waals surface area contributed by atoms with E-state index in [0.29, 0.717) is 29.6 Å². The molecule has 2 aliphatic rings. The van der Waals surface area contributed by atoms with Crippen molar-refractivity contribution in [1.29, 1.82) is 0 Å². The van der Waals surface area contributed by atoms with Crippen LogP contribution in [-0.4, -0.2) is 55.2 Å². The number of fused-ring (bicyclic) bond motifs is 1. The second-order valence-corrected chi connectivity index (χ2v) is 7.83. The number of ether oxygens (including phenoxy) is 2. The number of morpholine rings is 1. The van der Waals surface area contributed by atoms with Gasteiger partial charge < -0.3 is 14.4 Å². The van der Waals surface area contributed by atoms with Crippen molar-refractivity contribution < 1.29 is 14.3 Å². The Labute approximate surface area is 162 Å². The lowest BCUT2D eigenvalue weighted by atomic mass is 10.1. The van der Waals surface area contributed by atoms with Gasteiger partial charge in [0, 0.05) is 31.7 Å². The van der Waals surface area contributed by atoms with Crippen molar-refractivity contribution in [3.05, 3.63) is 50.7 Å². The number of carbonyl (C=O) groups excluding carboxylic acids is 1. The molecule has 5 nitrogen and oxygen atoms in total. The summed E-state index contributed by atoms with van der Waals surface area (Å²) >= 11 is 7.53. The number of thiophene rings is 1. The monoisotopic (exact) mass is 392 g/mol. The molecule has 0 atom stereocenters. The number of hydrogen-bond donors (Lipinski definition) is 0. The van der Waals surface area contributed by atoms with Crippen LogP contribution in [0.3, 0.4) is 0 Å². The van der Waals surface area contributed by atoms with Gasteiger partial charge in [-0.3, -0.25) is 9.69 Å². The van der Waals surface area contributed by atoms with Gasteiger partial charge >= 0.3 is 0 Å². The van der Waals surface area contributed by atoms with Gasteiger partial charge in [0.2, 0.25) is 0 Å². The van der Waals surface area contributed by atoms with Gasteiger partial charge in [0.05, 0.1) is 24.8 Å². The van der Waals surface area contributed by atoms with Gasteiger partial charge in [0.1, 0.15) is 17.2 Å². The van der Waals surface area contributed by atoms with E-state index in [1.807, 2.05) is 16.3 Å². The lowest BCUT2D eigenvalue weighted by Crippen LogP contribution is -2.35. The Morgan fingerprint density at radius 2 is 2.00 bits per heavy atom. The molecule has 0 aliphatic carbocycles. The summed E-state index contributed by atoms with van der Waals surface area (Å²) in [5.74, 6) is 0.836. The molecule has 0 N–H and O–H groups in total. The van der Waals surface area contributed by atoms with E-state index in [0.717, 1.165) is 44.2 Å². The van der Waals surface area contributed by atoms with Gasteiger partial charge in [-0.05, 0) is 29.1 Å². The first-order valence-electron chi connectivity index (χ1n) is 8.77. The first kappa shape index (κ1) is 17.8. The predicted molar refractivity (Wildman–Crippen MR) is 102 cm³/mol. The predicted octanol–water partition coefficient (Wildman–Crippen LogP) is 3.27. The number of hydrogen-bond acceptors (Lipinski definition) is 5. The van der Waals surface area contributed by atoms with Crippen molar-refractivity contribution in [3.63, 3.8) is 0 Å². The van der Waals surface area contributed by atoms with E-state index in [4.69, 9.17) is 21.1 Å². The summed E-state index contributed by atoms with van der Waals surface area (Å²) in [5.41, 5.74) is 2.28. The molecular formula is C19H21ClN2O3S. The Morgan fingerprint density at radius 3 is 2.77 bits per heavy atom. The molecule has 0 saturated carbocycles. The van der Waals surface area contributed by atoms with Gasteiger partial charge in [0.25, 0.3) is 5.91 Å². The molecule has 138 valence electrons. The van der Waals surface area contributed by atoms with E-state index in [1.165, 1.54) is 16.9 Å². The van der Waals surface area contributed by atoms with E-state index >= 15 is 0 Å². The Morgan fingerprint density at radius 1 is 1.15 bits per heavy atom. The van der Waals surface area contributed by atoms with Gasteiger partial charge in [-0.25, -0.2) is 0 Å². The van der Waals surface area contributed by atoms with Crippen LogP contribution in [0.25, 0.3) is 0 Å². The minimum Gasteiger partial charge on any atom is -0.491 e. The summed E-state index contributed by atoms with van der Waals surface area (Å²) in [4.78, 5) is 17.6. The van der Waals surface area contributed by atoms with Crippen LogP contribution in [0.15, 0.2) is 29.6 Å². The number of nitrogens with zero attached hydrogens (tertiary/aromatic N) is 2. The molecular weight excluding hydrogens is 372 g/mol. The molecule has 0 spiro atoms. The molecule has 1 amide bonds. The van der Waals surface area contributed by atoms with Gasteiger partial charge in [-0.2, -0.15) is 0 Å². The van der Waals surface area contributed by atoms with Crippen molar-refractivity contribution in [2.75, 3.05) is 39.5 Å². The molecule has 2 aromatic rings. The third kappa shape index (κ3) is 3.88. The van der Waals surface area contributed by atoms with E-state index in [2.05, 4.69) is 17.0 Å². The first-order chi connectivity index (χ1) is 12.7. The maximum atomic E-state index is 12.8. The molecule has 4 rings (SSSR count). The zero-order valence-electron chi connectivity index (χ0n) is 14.4. The van der Waals surface area contributed by atoms with Gasteiger partial charge in [-0.1, -0.05) is 17.7 Å². The summed E-state index contributed by atoms with van der Waals surface area (Å²) in [7, 11) is 0. The van der Waals surface area contributed by atoms with E-state index in [1.54, 1.807) is 6.07 Å². The number of benzene rings is 1. The lowest BCUT2D eigenvalue weighted by Gasteiger charge is -2.27. The maximum absolute atomic E-state index is 12.8. The highest BCUT2D eigenvalue weighted by molar-refractivity contribution is 7.12. The molecule has 2 aliphatic heterocycles. The fraction of sp³-hybridized carbons (Fsp3) is 0.421. The second kappa shape index (κ2) is 7.96. The van der Waals surface area contributed by atoms with Crippen molar-refractivity contribution in [1.82, 2.24) is 9.80 Å². The van der Waals surface area contributed by atoms with E-state index in [9.17, 15) is 4.79 Å². The van der Waals surface area contributed by atoms with Crippen molar-refractivity contribution in [3.8, 4) is 5.75 Å². The normalized spacial score (nSPS) is 18.1. The van der Waals surface area contributed by atoms with Crippen LogP contribution in [0.2, 0.25) is 5.02 Å². The Kier molecular flexibility index (Phi) is 5.45. The average Bonchev–Trinajstić information content (AvgIpc) is 2.97. The van der Waals surface area contributed by atoms with Crippen molar-refractivity contribution >= 4 is 28.8 Å². The number of halogens is 1. The minimum absolute atomic E-state index is 0.0277. The van der Waals surface area contributed by atoms with Crippen molar-refractivity contribution in [2.45, 2.75) is 13.1 Å². The summed E-state index contributed by atoms with van der Waals surface area (Å²) in [6.45, 7) is 5.96. The number of amides is 1. The summed E-state index contributed by atoms with van der Waals surface area (Å²) in [5, 5.41) is 2.37. The smallest absolute Gasteiger partial charge is 0.265 e. The largest absolute Gasteiger partial charge is 0.491 e. The topological polar surface area (TPSA) is 42.0 Å². The third-order valence-electron chi connectivity index (χ3n) is 4.71. The highest BCUT2D eigenvalue weighted by Gasteiger charge is 2.24. The molecule has 1 aromatic heterocycles. The molecule has 1 aromatic carbocycles. The average molecular weight is 393 g/mol. The summed E-state index contributed by atoms with van der Waals surface area (Å²) in [6, 6.07) is 8.06. The zero-order chi connectivity index (χ0) is 17.9. The summed E-state index contributed by atoms with van der Waals surface area (Å²) < 4.78 is 11.3. The fourth-order valence-electron chi connectivity index (χ4n) is 3.33. The Balaban J connectivity index is 1.52.